The van der Waals surface area contributed by atoms with Crippen molar-refractivity contribution in [2.75, 3.05) is 6.54 Å². The fourth-order valence-corrected chi connectivity index (χ4v) is 2.16. The first kappa shape index (κ1) is 19.6. The lowest BCUT2D eigenvalue weighted by Gasteiger charge is -2.20. The molecule has 0 saturated carbocycles. The average Bonchev–Trinajstić information content (AvgIpc) is 2.45. The van der Waals surface area contributed by atoms with Gasteiger partial charge in [-0.15, -0.1) is 0 Å². The molecule has 0 spiro atoms. The number of benzene rings is 1. The van der Waals surface area contributed by atoms with Gasteiger partial charge in [-0.1, -0.05) is 26.8 Å². The van der Waals surface area contributed by atoms with Crippen LogP contribution in [0.25, 0.3) is 0 Å². The van der Waals surface area contributed by atoms with E-state index in [-0.39, 0.29) is 24.2 Å². The monoisotopic (exact) mass is 336 g/mol. The number of rotatable bonds is 6. The molecule has 0 aliphatic heterocycles. The van der Waals surface area contributed by atoms with Gasteiger partial charge < -0.3 is 10.4 Å². The number of nitro groups is 1. The van der Waals surface area contributed by atoms with Crippen molar-refractivity contribution in [3.05, 3.63) is 39.4 Å². The summed E-state index contributed by atoms with van der Waals surface area (Å²) in [6, 6.07) is 4.40. The van der Waals surface area contributed by atoms with E-state index in [0.29, 0.717) is 5.56 Å². The number of carboxylic acid groups (broad SMARTS) is 1. The zero-order chi connectivity index (χ0) is 18.7. The molecule has 7 nitrogen and oxygen atoms in total. The van der Waals surface area contributed by atoms with E-state index < -0.39 is 27.6 Å². The Bertz CT molecular complexity index is 659. The van der Waals surface area contributed by atoms with Crippen molar-refractivity contribution in [3.63, 3.8) is 0 Å². The molecule has 1 aromatic rings. The number of hydrogen-bond acceptors (Lipinski definition) is 4. The molecule has 132 valence electrons. The van der Waals surface area contributed by atoms with Gasteiger partial charge in [-0.25, -0.2) is 0 Å². The van der Waals surface area contributed by atoms with Crippen LogP contribution in [-0.2, 0) is 10.2 Å². The predicted octanol–water partition coefficient (Wildman–Crippen LogP) is 3.12. The number of nitro benzene ring substituents is 1. The van der Waals surface area contributed by atoms with Crippen LogP contribution in [0.1, 0.15) is 57.0 Å². The number of carbonyl (C=O) groups excluding carboxylic acids is 1. The van der Waals surface area contributed by atoms with E-state index in [1.54, 1.807) is 26.0 Å². The van der Waals surface area contributed by atoms with Crippen molar-refractivity contribution in [1.82, 2.24) is 5.32 Å². The number of nitrogens with one attached hydrogen (secondary N) is 1. The molecule has 0 atom stereocenters. The molecule has 0 aliphatic rings. The molecule has 0 aromatic heterocycles. The van der Waals surface area contributed by atoms with Crippen molar-refractivity contribution in [2.45, 2.75) is 46.5 Å². The normalized spacial score (nSPS) is 11.9. The molecule has 0 unspecified atom stereocenters. The van der Waals surface area contributed by atoms with E-state index in [4.69, 9.17) is 5.11 Å². The fourth-order valence-electron chi connectivity index (χ4n) is 2.16. The molecular weight excluding hydrogens is 312 g/mol. The van der Waals surface area contributed by atoms with Gasteiger partial charge in [-0.05, 0) is 31.7 Å². The van der Waals surface area contributed by atoms with E-state index in [2.05, 4.69) is 5.32 Å². The average molecular weight is 336 g/mol. The van der Waals surface area contributed by atoms with Crippen LogP contribution in [-0.4, -0.2) is 28.5 Å². The molecule has 0 heterocycles. The molecule has 0 saturated heterocycles. The second kappa shape index (κ2) is 6.98. The van der Waals surface area contributed by atoms with Crippen LogP contribution in [0, 0.1) is 15.5 Å². The molecule has 1 amide bonds. The molecular formula is C17H24N2O5. The van der Waals surface area contributed by atoms with Gasteiger partial charge in [0.25, 0.3) is 11.6 Å². The lowest BCUT2D eigenvalue weighted by molar-refractivity contribution is -0.386. The third-order valence-electron chi connectivity index (χ3n) is 3.88. The van der Waals surface area contributed by atoms with E-state index in [0.717, 1.165) is 0 Å². The predicted molar refractivity (Wildman–Crippen MR) is 90.2 cm³/mol. The Labute approximate surface area is 141 Å². The standard InChI is InChI=1S/C17H24N2O5/c1-16(2,3)12-7-6-11(10-13(12)19(23)24)14(20)18-9-8-17(4,5)15(21)22/h6-7,10H,8-9H2,1-5H3,(H,18,20)(H,21,22). The van der Waals surface area contributed by atoms with Crippen molar-refractivity contribution in [1.29, 1.82) is 0 Å². The number of carboxylic acids is 1. The highest BCUT2D eigenvalue weighted by molar-refractivity contribution is 5.95. The highest BCUT2D eigenvalue weighted by Crippen LogP contribution is 2.31. The molecule has 1 rings (SSSR count). The minimum Gasteiger partial charge on any atom is -0.481 e. The van der Waals surface area contributed by atoms with Crippen LogP contribution in [0.4, 0.5) is 5.69 Å². The Kier molecular flexibility index (Phi) is 5.71. The Morgan fingerprint density at radius 3 is 2.25 bits per heavy atom. The fraction of sp³-hybridized carbons (Fsp3) is 0.529. The molecule has 1 aromatic carbocycles. The van der Waals surface area contributed by atoms with Crippen LogP contribution in [0.2, 0.25) is 0 Å². The maximum absolute atomic E-state index is 12.2. The summed E-state index contributed by atoms with van der Waals surface area (Å²) in [7, 11) is 0. The summed E-state index contributed by atoms with van der Waals surface area (Å²) in [6.07, 6.45) is 0.260. The molecule has 2 N–H and O–H groups in total. The van der Waals surface area contributed by atoms with Gasteiger partial charge in [0.15, 0.2) is 0 Å². The maximum Gasteiger partial charge on any atom is 0.309 e. The number of hydrogen-bond donors (Lipinski definition) is 2. The van der Waals surface area contributed by atoms with Crippen LogP contribution >= 0.6 is 0 Å². The van der Waals surface area contributed by atoms with Crippen molar-refractivity contribution >= 4 is 17.6 Å². The van der Waals surface area contributed by atoms with E-state index in [9.17, 15) is 19.7 Å². The summed E-state index contributed by atoms with van der Waals surface area (Å²) >= 11 is 0. The Hall–Kier alpha value is -2.44. The largest absolute Gasteiger partial charge is 0.481 e. The lowest BCUT2D eigenvalue weighted by Crippen LogP contribution is -2.32. The van der Waals surface area contributed by atoms with Crippen LogP contribution < -0.4 is 5.32 Å². The topological polar surface area (TPSA) is 110 Å². The smallest absolute Gasteiger partial charge is 0.309 e. The van der Waals surface area contributed by atoms with E-state index >= 15 is 0 Å². The highest BCUT2D eigenvalue weighted by Gasteiger charge is 2.28. The number of aliphatic carboxylic acids is 1. The molecule has 0 aliphatic carbocycles. The quantitative estimate of drug-likeness (QED) is 0.612. The second-order valence-electron chi connectivity index (χ2n) is 7.43. The summed E-state index contributed by atoms with van der Waals surface area (Å²) in [4.78, 5) is 34.0. The summed E-state index contributed by atoms with van der Waals surface area (Å²) in [6.45, 7) is 8.91. The van der Waals surface area contributed by atoms with Gasteiger partial charge in [0.05, 0.1) is 10.3 Å². The minimum atomic E-state index is -0.949. The first-order valence-electron chi connectivity index (χ1n) is 7.67. The van der Waals surface area contributed by atoms with Gasteiger partial charge in [0, 0.05) is 23.7 Å². The van der Waals surface area contributed by atoms with Gasteiger partial charge in [-0.3, -0.25) is 19.7 Å². The number of carbonyl (C=O) groups is 2. The minimum absolute atomic E-state index is 0.0963. The summed E-state index contributed by atoms with van der Waals surface area (Å²) in [5.74, 6) is -1.40. The lowest BCUT2D eigenvalue weighted by atomic mass is 9.85. The molecule has 0 radical (unpaired) electrons. The third-order valence-corrected chi connectivity index (χ3v) is 3.88. The molecule has 24 heavy (non-hydrogen) atoms. The summed E-state index contributed by atoms with van der Waals surface area (Å²) in [5.41, 5.74) is -0.724. The third kappa shape index (κ3) is 4.78. The van der Waals surface area contributed by atoms with E-state index in [1.165, 1.54) is 6.07 Å². The molecule has 0 fully saturated rings. The zero-order valence-electron chi connectivity index (χ0n) is 14.7. The Balaban J connectivity index is 2.91. The Morgan fingerprint density at radius 1 is 1.21 bits per heavy atom. The number of nitrogens with zero attached hydrogens (tertiary/aromatic N) is 1. The maximum atomic E-state index is 12.2. The van der Waals surface area contributed by atoms with Crippen LogP contribution in [0.5, 0.6) is 0 Å². The van der Waals surface area contributed by atoms with Crippen LogP contribution in [0.3, 0.4) is 0 Å². The SMILES string of the molecule is CC(C)(CCNC(=O)c1ccc(C(C)(C)C)c([N+](=O)[O-])c1)C(=O)O. The van der Waals surface area contributed by atoms with Crippen molar-refractivity contribution < 1.29 is 19.6 Å². The van der Waals surface area contributed by atoms with Gasteiger partial charge >= 0.3 is 5.97 Å². The van der Waals surface area contributed by atoms with Crippen molar-refractivity contribution in [3.8, 4) is 0 Å². The summed E-state index contributed by atoms with van der Waals surface area (Å²) in [5, 5.41) is 22.9. The highest BCUT2D eigenvalue weighted by atomic mass is 16.6. The first-order valence-corrected chi connectivity index (χ1v) is 7.67. The molecule has 7 heteroatoms. The first-order chi connectivity index (χ1) is 10.9. The second-order valence-corrected chi connectivity index (χ2v) is 7.43. The van der Waals surface area contributed by atoms with Crippen LogP contribution in [0.15, 0.2) is 18.2 Å². The Morgan fingerprint density at radius 2 is 1.79 bits per heavy atom. The summed E-state index contributed by atoms with van der Waals surface area (Å²) < 4.78 is 0. The van der Waals surface area contributed by atoms with E-state index in [1.807, 2.05) is 20.8 Å². The van der Waals surface area contributed by atoms with Gasteiger partial charge in [0.2, 0.25) is 0 Å². The van der Waals surface area contributed by atoms with Gasteiger partial charge in [-0.2, -0.15) is 0 Å². The number of amides is 1. The van der Waals surface area contributed by atoms with Gasteiger partial charge in [0.1, 0.15) is 0 Å². The van der Waals surface area contributed by atoms with Crippen molar-refractivity contribution in [2.24, 2.45) is 5.41 Å². The molecule has 0 bridgehead atoms. The zero-order valence-corrected chi connectivity index (χ0v) is 14.7.